The Morgan fingerprint density at radius 1 is 0.963 bits per heavy atom. The van der Waals surface area contributed by atoms with Gasteiger partial charge in [-0.2, -0.15) is 13.2 Å². The summed E-state index contributed by atoms with van der Waals surface area (Å²) in [4.78, 5) is 16.3. The van der Waals surface area contributed by atoms with E-state index in [9.17, 15) is 18.0 Å². The summed E-state index contributed by atoms with van der Waals surface area (Å²) < 4.78 is 38.5. The minimum atomic E-state index is -4.45. The third-order valence-electron chi connectivity index (χ3n) is 3.71. The number of nitrogens with zero attached hydrogens (tertiary/aromatic N) is 1. The maximum Gasteiger partial charge on any atom is 0.416 e. The van der Waals surface area contributed by atoms with Crippen molar-refractivity contribution in [1.29, 1.82) is 0 Å². The van der Waals surface area contributed by atoms with E-state index in [1.54, 1.807) is 12.1 Å². The molecule has 0 saturated carbocycles. The molecule has 27 heavy (non-hydrogen) atoms. The second-order valence-electron chi connectivity index (χ2n) is 5.58. The number of alkyl halides is 3. The molecule has 0 spiro atoms. The van der Waals surface area contributed by atoms with Gasteiger partial charge in [-0.1, -0.05) is 35.3 Å². The van der Waals surface area contributed by atoms with E-state index >= 15 is 0 Å². The Kier molecular flexibility index (Phi) is 5.39. The first kappa shape index (κ1) is 19.2. The summed E-state index contributed by atoms with van der Waals surface area (Å²) >= 11 is 11.8. The number of rotatable bonds is 3. The van der Waals surface area contributed by atoms with Gasteiger partial charge in [0.15, 0.2) is 0 Å². The van der Waals surface area contributed by atoms with Crippen LogP contribution in [0.2, 0.25) is 10.0 Å². The number of benzene rings is 2. The van der Waals surface area contributed by atoms with Crippen LogP contribution in [-0.4, -0.2) is 10.9 Å². The lowest BCUT2D eigenvalue weighted by Crippen LogP contribution is -2.12. The van der Waals surface area contributed by atoms with Gasteiger partial charge in [0, 0.05) is 22.3 Å². The van der Waals surface area contributed by atoms with Crippen molar-refractivity contribution in [3.8, 4) is 11.3 Å². The summed E-state index contributed by atoms with van der Waals surface area (Å²) in [7, 11) is 0. The van der Waals surface area contributed by atoms with Crippen LogP contribution in [0.1, 0.15) is 15.9 Å². The topological polar surface area (TPSA) is 42.0 Å². The van der Waals surface area contributed by atoms with E-state index < -0.39 is 17.6 Å². The first-order valence-corrected chi connectivity index (χ1v) is 8.40. The van der Waals surface area contributed by atoms with Crippen molar-refractivity contribution in [2.75, 3.05) is 5.32 Å². The first-order chi connectivity index (χ1) is 12.7. The lowest BCUT2D eigenvalue weighted by Gasteiger charge is -2.09. The summed E-state index contributed by atoms with van der Waals surface area (Å²) in [6.45, 7) is 0. The number of pyridine rings is 1. The van der Waals surface area contributed by atoms with Crippen LogP contribution < -0.4 is 5.32 Å². The summed E-state index contributed by atoms with van der Waals surface area (Å²) in [5.41, 5.74) is 0.554. The van der Waals surface area contributed by atoms with Crippen molar-refractivity contribution >= 4 is 34.8 Å². The number of halogens is 5. The van der Waals surface area contributed by atoms with Gasteiger partial charge in [0.1, 0.15) is 0 Å². The SMILES string of the molecule is O=C(Nc1ccc(Cl)cc1Cl)c1ccc(-c2cc(C(F)(F)F)ccn2)cc1. The Hall–Kier alpha value is -2.57. The van der Waals surface area contributed by atoms with Crippen molar-refractivity contribution in [2.45, 2.75) is 6.18 Å². The van der Waals surface area contributed by atoms with Gasteiger partial charge in [0.2, 0.25) is 0 Å². The Bertz CT molecular complexity index is 989. The van der Waals surface area contributed by atoms with Gasteiger partial charge in [0.05, 0.1) is 22.0 Å². The van der Waals surface area contributed by atoms with Crippen LogP contribution >= 0.6 is 23.2 Å². The molecule has 0 unspecified atom stereocenters. The van der Waals surface area contributed by atoms with Gasteiger partial charge >= 0.3 is 6.18 Å². The monoisotopic (exact) mass is 410 g/mol. The molecule has 3 aromatic rings. The van der Waals surface area contributed by atoms with Crippen molar-refractivity contribution < 1.29 is 18.0 Å². The number of aromatic nitrogens is 1. The Morgan fingerprint density at radius 3 is 2.30 bits per heavy atom. The molecular formula is C19H11Cl2F3N2O. The molecule has 0 aliphatic rings. The fraction of sp³-hybridized carbons (Fsp3) is 0.0526. The number of carbonyl (C=O) groups excluding carboxylic acids is 1. The molecule has 0 radical (unpaired) electrons. The van der Waals surface area contributed by atoms with Gasteiger partial charge in [-0.25, -0.2) is 0 Å². The molecule has 0 saturated heterocycles. The highest BCUT2D eigenvalue weighted by Gasteiger charge is 2.30. The lowest BCUT2D eigenvalue weighted by atomic mass is 10.1. The molecule has 0 aliphatic heterocycles. The van der Waals surface area contributed by atoms with Crippen LogP contribution in [0.15, 0.2) is 60.8 Å². The average Bonchev–Trinajstić information content (AvgIpc) is 2.63. The Balaban J connectivity index is 1.80. The number of hydrogen-bond donors (Lipinski definition) is 1. The highest BCUT2D eigenvalue weighted by atomic mass is 35.5. The second kappa shape index (κ2) is 7.58. The van der Waals surface area contributed by atoms with Crippen LogP contribution in [0, 0.1) is 0 Å². The number of anilines is 1. The molecule has 0 fully saturated rings. The summed E-state index contributed by atoms with van der Waals surface area (Å²) in [5.74, 6) is -0.414. The van der Waals surface area contributed by atoms with Gasteiger partial charge in [0.25, 0.3) is 5.91 Å². The van der Waals surface area contributed by atoms with E-state index in [1.807, 2.05) is 0 Å². The van der Waals surface area contributed by atoms with Gasteiger partial charge in [-0.05, 0) is 42.5 Å². The van der Waals surface area contributed by atoms with Crippen molar-refractivity contribution in [3.05, 3.63) is 82.0 Å². The fourth-order valence-corrected chi connectivity index (χ4v) is 2.80. The first-order valence-electron chi connectivity index (χ1n) is 7.64. The third kappa shape index (κ3) is 4.59. The van der Waals surface area contributed by atoms with E-state index in [1.165, 1.54) is 30.3 Å². The second-order valence-corrected chi connectivity index (χ2v) is 6.43. The Morgan fingerprint density at radius 2 is 1.67 bits per heavy atom. The molecule has 1 heterocycles. The van der Waals surface area contributed by atoms with Gasteiger partial charge < -0.3 is 5.32 Å². The molecule has 0 aliphatic carbocycles. The summed E-state index contributed by atoms with van der Waals surface area (Å²) in [6.07, 6.45) is -3.35. The van der Waals surface area contributed by atoms with Crippen molar-refractivity contribution in [1.82, 2.24) is 4.98 Å². The smallest absolute Gasteiger partial charge is 0.321 e. The van der Waals surface area contributed by atoms with Crippen molar-refractivity contribution in [3.63, 3.8) is 0 Å². The molecule has 1 aromatic heterocycles. The van der Waals surface area contributed by atoms with Gasteiger partial charge in [-0.3, -0.25) is 9.78 Å². The molecule has 138 valence electrons. The van der Waals surface area contributed by atoms with E-state index in [-0.39, 0.29) is 5.69 Å². The van der Waals surface area contributed by atoms with Crippen LogP contribution in [-0.2, 0) is 6.18 Å². The van der Waals surface area contributed by atoms with Crippen LogP contribution in [0.3, 0.4) is 0 Å². The molecule has 1 amide bonds. The normalized spacial score (nSPS) is 11.3. The zero-order valence-corrected chi connectivity index (χ0v) is 15.0. The molecule has 0 bridgehead atoms. The number of carbonyl (C=O) groups is 1. The maximum atomic E-state index is 12.8. The molecule has 3 rings (SSSR count). The summed E-state index contributed by atoms with van der Waals surface area (Å²) in [6, 6.07) is 12.6. The van der Waals surface area contributed by atoms with E-state index in [2.05, 4.69) is 10.3 Å². The molecule has 1 N–H and O–H groups in total. The minimum absolute atomic E-state index is 0.164. The van der Waals surface area contributed by atoms with Crippen molar-refractivity contribution in [2.24, 2.45) is 0 Å². The van der Waals surface area contributed by atoms with Crippen LogP contribution in [0.4, 0.5) is 18.9 Å². The van der Waals surface area contributed by atoms with Gasteiger partial charge in [-0.15, -0.1) is 0 Å². The molecular weight excluding hydrogens is 400 g/mol. The number of hydrogen-bond acceptors (Lipinski definition) is 2. The lowest BCUT2D eigenvalue weighted by molar-refractivity contribution is -0.137. The average molecular weight is 411 g/mol. The zero-order valence-electron chi connectivity index (χ0n) is 13.5. The molecule has 2 aromatic carbocycles. The molecule has 8 heteroatoms. The third-order valence-corrected chi connectivity index (χ3v) is 4.26. The van der Waals surface area contributed by atoms with E-state index in [0.717, 1.165) is 18.3 Å². The largest absolute Gasteiger partial charge is 0.416 e. The molecule has 3 nitrogen and oxygen atoms in total. The zero-order chi connectivity index (χ0) is 19.6. The van der Waals surface area contributed by atoms with E-state index in [0.29, 0.717) is 26.9 Å². The Labute approximate surface area is 162 Å². The predicted octanol–water partition coefficient (Wildman–Crippen LogP) is 6.33. The number of nitrogens with one attached hydrogen (secondary N) is 1. The minimum Gasteiger partial charge on any atom is -0.321 e. The maximum absolute atomic E-state index is 12.8. The molecule has 0 atom stereocenters. The van der Waals surface area contributed by atoms with E-state index in [4.69, 9.17) is 23.2 Å². The number of amides is 1. The highest BCUT2D eigenvalue weighted by molar-refractivity contribution is 6.36. The van der Waals surface area contributed by atoms with Crippen LogP contribution in [0.5, 0.6) is 0 Å². The highest BCUT2D eigenvalue weighted by Crippen LogP contribution is 2.31. The van der Waals surface area contributed by atoms with Crippen LogP contribution in [0.25, 0.3) is 11.3 Å². The standard InChI is InChI=1S/C19H11Cl2F3N2O/c20-14-5-6-16(15(21)10-14)26-18(27)12-3-1-11(2-4-12)17-9-13(7-8-25-17)19(22,23)24/h1-10H,(H,26,27). The predicted molar refractivity (Wildman–Crippen MR) is 99.1 cm³/mol. The quantitative estimate of drug-likeness (QED) is 0.548. The summed E-state index contributed by atoms with van der Waals surface area (Å²) in [5, 5.41) is 3.38. The fourth-order valence-electron chi connectivity index (χ4n) is 2.34.